The molecule has 0 aliphatic heterocycles. The van der Waals surface area contributed by atoms with Crippen LogP contribution in [0.1, 0.15) is 29.6 Å². The van der Waals surface area contributed by atoms with Gasteiger partial charge in [-0.15, -0.1) is 0 Å². The third-order valence-electron chi connectivity index (χ3n) is 3.83. The molecule has 110 valence electrons. The van der Waals surface area contributed by atoms with Crippen LogP contribution in [0.15, 0.2) is 12.3 Å². The van der Waals surface area contributed by atoms with E-state index in [1.807, 2.05) is 29.7 Å². The zero-order valence-corrected chi connectivity index (χ0v) is 13.1. The van der Waals surface area contributed by atoms with Crippen LogP contribution in [0.3, 0.4) is 0 Å². The van der Waals surface area contributed by atoms with Crippen molar-refractivity contribution in [2.45, 2.75) is 39.7 Å². The Morgan fingerprint density at radius 2 is 1.95 bits per heavy atom. The predicted molar refractivity (Wildman–Crippen MR) is 80.8 cm³/mol. The molecule has 5 nitrogen and oxygen atoms in total. The van der Waals surface area contributed by atoms with Crippen molar-refractivity contribution in [1.82, 2.24) is 24.9 Å². The molecule has 1 atom stereocenters. The molecule has 0 spiro atoms. The Labute approximate surface area is 121 Å². The number of aromatic nitrogens is 4. The molecule has 2 heterocycles. The molecule has 0 saturated carbocycles. The lowest BCUT2D eigenvalue weighted by atomic mass is 10.0. The predicted octanol–water partition coefficient (Wildman–Crippen LogP) is 1.53. The van der Waals surface area contributed by atoms with E-state index in [0.717, 1.165) is 30.8 Å². The Kier molecular flexibility index (Phi) is 4.60. The number of aryl methyl sites for hydroxylation is 3. The zero-order chi connectivity index (χ0) is 14.7. The maximum Gasteiger partial charge on any atom is 0.0640 e. The van der Waals surface area contributed by atoms with E-state index in [0.29, 0.717) is 6.04 Å². The average Bonchev–Trinajstić information content (AvgIpc) is 2.89. The summed E-state index contributed by atoms with van der Waals surface area (Å²) in [4.78, 5) is 0. The second kappa shape index (κ2) is 6.22. The van der Waals surface area contributed by atoms with E-state index in [1.165, 1.54) is 11.3 Å². The molecule has 0 amide bonds. The van der Waals surface area contributed by atoms with Gasteiger partial charge in [-0.1, -0.05) is 6.92 Å². The summed E-state index contributed by atoms with van der Waals surface area (Å²) in [5, 5.41) is 12.6. The zero-order valence-electron chi connectivity index (χ0n) is 13.1. The maximum atomic E-state index is 4.50. The van der Waals surface area contributed by atoms with Crippen LogP contribution < -0.4 is 5.32 Å². The molecule has 5 heteroatoms. The molecular formula is C15H25N5. The quantitative estimate of drug-likeness (QED) is 0.870. The highest BCUT2D eigenvalue weighted by Gasteiger charge is 2.16. The highest BCUT2D eigenvalue weighted by molar-refractivity contribution is 5.25. The van der Waals surface area contributed by atoms with Gasteiger partial charge in [-0.25, -0.2) is 0 Å². The van der Waals surface area contributed by atoms with Gasteiger partial charge >= 0.3 is 0 Å². The highest BCUT2D eigenvalue weighted by Crippen LogP contribution is 2.16. The SMILES string of the molecule is CCNC(Cc1ccn(C)n1)Cc1c(C)nn(C)c1C. The number of nitrogens with zero attached hydrogens (tertiary/aromatic N) is 4. The summed E-state index contributed by atoms with van der Waals surface area (Å²) in [6.45, 7) is 7.34. The monoisotopic (exact) mass is 275 g/mol. The first-order valence-corrected chi connectivity index (χ1v) is 7.22. The highest BCUT2D eigenvalue weighted by atomic mass is 15.3. The molecule has 2 rings (SSSR count). The van der Waals surface area contributed by atoms with Gasteiger partial charge in [-0.2, -0.15) is 10.2 Å². The molecule has 2 aromatic heterocycles. The summed E-state index contributed by atoms with van der Waals surface area (Å²) >= 11 is 0. The summed E-state index contributed by atoms with van der Waals surface area (Å²) in [6, 6.07) is 2.49. The van der Waals surface area contributed by atoms with Gasteiger partial charge in [0.25, 0.3) is 0 Å². The minimum atomic E-state index is 0.400. The summed E-state index contributed by atoms with van der Waals surface area (Å²) < 4.78 is 3.83. The van der Waals surface area contributed by atoms with Crippen molar-refractivity contribution in [2.75, 3.05) is 6.54 Å². The van der Waals surface area contributed by atoms with E-state index in [9.17, 15) is 0 Å². The number of nitrogens with one attached hydrogen (secondary N) is 1. The normalized spacial score (nSPS) is 12.8. The molecule has 0 aliphatic rings. The Balaban J connectivity index is 2.12. The van der Waals surface area contributed by atoms with Gasteiger partial charge in [0.1, 0.15) is 0 Å². The summed E-state index contributed by atoms with van der Waals surface area (Å²) in [7, 11) is 3.97. The van der Waals surface area contributed by atoms with Crippen molar-refractivity contribution in [2.24, 2.45) is 14.1 Å². The fraction of sp³-hybridized carbons (Fsp3) is 0.600. The number of likely N-dealkylation sites (N-methyl/N-ethyl adjacent to an activating group) is 1. The third kappa shape index (κ3) is 3.28. The molecule has 0 aromatic carbocycles. The van der Waals surface area contributed by atoms with E-state index in [1.54, 1.807) is 0 Å². The van der Waals surface area contributed by atoms with Crippen LogP contribution in [0.2, 0.25) is 0 Å². The van der Waals surface area contributed by atoms with E-state index >= 15 is 0 Å². The molecule has 20 heavy (non-hydrogen) atoms. The van der Waals surface area contributed by atoms with E-state index in [4.69, 9.17) is 0 Å². The minimum Gasteiger partial charge on any atom is -0.314 e. The third-order valence-corrected chi connectivity index (χ3v) is 3.83. The van der Waals surface area contributed by atoms with Gasteiger partial charge in [0, 0.05) is 38.4 Å². The fourth-order valence-corrected chi connectivity index (χ4v) is 2.69. The Morgan fingerprint density at radius 3 is 2.45 bits per heavy atom. The maximum absolute atomic E-state index is 4.50. The summed E-state index contributed by atoms with van der Waals surface area (Å²) in [5.41, 5.74) is 4.88. The van der Waals surface area contributed by atoms with Gasteiger partial charge in [-0.05, 0) is 38.4 Å². The first kappa shape index (κ1) is 14.8. The first-order valence-electron chi connectivity index (χ1n) is 7.22. The van der Waals surface area contributed by atoms with Gasteiger partial charge in [0.15, 0.2) is 0 Å². The largest absolute Gasteiger partial charge is 0.314 e. The van der Waals surface area contributed by atoms with Crippen molar-refractivity contribution >= 4 is 0 Å². The second-order valence-electron chi connectivity index (χ2n) is 5.42. The standard InChI is InChI=1S/C15H25N5/c1-6-16-14(9-13-7-8-19(4)18-13)10-15-11(2)17-20(5)12(15)3/h7-8,14,16H,6,9-10H2,1-5H3. The van der Waals surface area contributed by atoms with E-state index in [2.05, 4.69) is 42.4 Å². The van der Waals surface area contributed by atoms with Crippen LogP contribution in [-0.2, 0) is 26.9 Å². The van der Waals surface area contributed by atoms with Gasteiger partial charge in [0.05, 0.1) is 11.4 Å². The Hall–Kier alpha value is -1.62. The van der Waals surface area contributed by atoms with Crippen molar-refractivity contribution in [1.29, 1.82) is 0 Å². The molecule has 0 bridgehead atoms. The van der Waals surface area contributed by atoms with E-state index in [-0.39, 0.29) is 0 Å². The van der Waals surface area contributed by atoms with Crippen LogP contribution in [-0.4, -0.2) is 32.1 Å². The molecular weight excluding hydrogens is 250 g/mol. The molecule has 0 radical (unpaired) electrons. The summed E-state index contributed by atoms with van der Waals surface area (Å²) in [6.07, 6.45) is 3.94. The average molecular weight is 275 g/mol. The lowest BCUT2D eigenvalue weighted by Gasteiger charge is -2.17. The van der Waals surface area contributed by atoms with Crippen LogP contribution in [0.5, 0.6) is 0 Å². The molecule has 2 aromatic rings. The van der Waals surface area contributed by atoms with Crippen molar-refractivity contribution < 1.29 is 0 Å². The Morgan fingerprint density at radius 1 is 1.20 bits per heavy atom. The molecule has 0 saturated heterocycles. The van der Waals surface area contributed by atoms with Gasteiger partial charge in [0.2, 0.25) is 0 Å². The van der Waals surface area contributed by atoms with Crippen LogP contribution in [0.4, 0.5) is 0 Å². The lowest BCUT2D eigenvalue weighted by Crippen LogP contribution is -2.33. The van der Waals surface area contributed by atoms with Gasteiger partial charge in [-0.3, -0.25) is 9.36 Å². The number of hydrogen-bond donors (Lipinski definition) is 1. The lowest BCUT2D eigenvalue weighted by molar-refractivity contribution is 0.511. The van der Waals surface area contributed by atoms with E-state index < -0.39 is 0 Å². The fourth-order valence-electron chi connectivity index (χ4n) is 2.69. The minimum absolute atomic E-state index is 0.400. The molecule has 0 fully saturated rings. The molecule has 1 unspecified atom stereocenters. The van der Waals surface area contributed by atoms with Crippen molar-refractivity contribution in [3.8, 4) is 0 Å². The molecule has 0 aliphatic carbocycles. The molecule has 1 N–H and O–H groups in total. The van der Waals surface area contributed by atoms with Crippen LogP contribution in [0.25, 0.3) is 0 Å². The smallest absolute Gasteiger partial charge is 0.0640 e. The number of rotatable bonds is 6. The van der Waals surface area contributed by atoms with Gasteiger partial charge < -0.3 is 5.32 Å². The van der Waals surface area contributed by atoms with Crippen LogP contribution >= 0.6 is 0 Å². The Bertz CT molecular complexity index is 567. The topological polar surface area (TPSA) is 47.7 Å². The second-order valence-corrected chi connectivity index (χ2v) is 5.42. The summed E-state index contributed by atoms with van der Waals surface area (Å²) in [5.74, 6) is 0. The van der Waals surface area contributed by atoms with Crippen molar-refractivity contribution in [3.63, 3.8) is 0 Å². The number of hydrogen-bond acceptors (Lipinski definition) is 3. The van der Waals surface area contributed by atoms with Crippen LogP contribution in [0, 0.1) is 13.8 Å². The van der Waals surface area contributed by atoms with Crippen molar-refractivity contribution in [3.05, 3.63) is 34.9 Å². The first-order chi connectivity index (χ1) is 9.51.